The molecule has 0 radical (unpaired) electrons. The number of aryl methyl sites for hydroxylation is 1. The number of aromatic carboxylic acids is 1. The molecule has 1 aliphatic rings. The Morgan fingerprint density at radius 2 is 1.57 bits per heavy atom. The molecule has 0 bridgehead atoms. The summed E-state index contributed by atoms with van der Waals surface area (Å²) in [5.74, 6) is -0.969. The van der Waals surface area contributed by atoms with Crippen LogP contribution in [0.4, 0.5) is 0 Å². The van der Waals surface area contributed by atoms with Crippen molar-refractivity contribution in [1.29, 1.82) is 0 Å². The van der Waals surface area contributed by atoms with Crippen LogP contribution in [0.15, 0.2) is 37.0 Å². The maximum Gasteiger partial charge on any atom is 0.337 e. The highest BCUT2D eigenvalue weighted by atomic mass is 16.4. The molecule has 3 heteroatoms. The third-order valence-corrected chi connectivity index (χ3v) is 5.84. The number of rotatable bonds is 3. The van der Waals surface area contributed by atoms with Crippen LogP contribution in [-0.4, -0.2) is 16.1 Å². The molecule has 0 unspecified atom stereocenters. The van der Waals surface area contributed by atoms with Crippen LogP contribution in [0, 0.1) is 6.92 Å². The topological polar surface area (TPSA) is 50.2 Å². The first kappa shape index (κ1) is 21.9. The van der Waals surface area contributed by atoms with E-state index in [0.29, 0.717) is 5.69 Å². The average molecular weight is 380 g/mol. The first-order chi connectivity index (χ1) is 13.0. The van der Waals surface area contributed by atoms with E-state index in [2.05, 4.69) is 58.3 Å². The van der Waals surface area contributed by atoms with Gasteiger partial charge in [0.15, 0.2) is 0 Å². The minimum atomic E-state index is -0.969. The van der Waals surface area contributed by atoms with E-state index in [-0.39, 0.29) is 16.4 Å². The predicted molar refractivity (Wildman–Crippen MR) is 117 cm³/mol. The normalized spacial score (nSPS) is 16.4. The fourth-order valence-electron chi connectivity index (χ4n) is 3.88. The Morgan fingerprint density at radius 1 is 1.04 bits per heavy atom. The van der Waals surface area contributed by atoms with Crippen molar-refractivity contribution in [3.8, 4) is 0 Å². The maximum absolute atomic E-state index is 11.0. The number of benzene rings is 1. The van der Waals surface area contributed by atoms with Gasteiger partial charge >= 0.3 is 5.97 Å². The summed E-state index contributed by atoms with van der Waals surface area (Å²) in [6.45, 7) is 19.6. The lowest BCUT2D eigenvalue weighted by Crippen LogP contribution is -2.34. The Hall–Kier alpha value is -2.42. The van der Waals surface area contributed by atoms with Crippen molar-refractivity contribution in [2.45, 2.75) is 72.1 Å². The number of fused-ring (bicyclic) bond motifs is 1. The van der Waals surface area contributed by atoms with Crippen LogP contribution in [-0.2, 0) is 10.8 Å². The van der Waals surface area contributed by atoms with Crippen LogP contribution in [0.1, 0.15) is 92.7 Å². The van der Waals surface area contributed by atoms with Gasteiger partial charge in [-0.15, -0.1) is 0 Å². The summed E-state index contributed by atoms with van der Waals surface area (Å²) in [5.41, 5.74) is 7.13. The molecule has 0 atom stereocenters. The van der Waals surface area contributed by atoms with Gasteiger partial charge < -0.3 is 5.11 Å². The van der Waals surface area contributed by atoms with Crippen molar-refractivity contribution in [3.63, 3.8) is 0 Å². The van der Waals surface area contributed by atoms with Crippen molar-refractivity contribution in [3.05, 3.63) is 70.6 Å². The number of carbonyl (C=O) groups is 1. The minimum Gasteiger partial charge on any atom is -0.478 e. The predicted octanol–water partition coefficient (Wildman–Crippen LogP) is 6.52. The fraction of sp³-hybridized carbons (Fsp3) is 0.440. The summed E-state index contributed by atoms with van der Waals surface area (Å²) >= 11 is 0. The van der Waals surface area contributed by atoms with Gasteiger partial charge in [0, 0.05) is 11.8 Å². The molecule has 0 aliphatic heterocycles. The van der Waals surface area contributed by atoms with Crippen LogP contribution >= 0.6 is 0 Å². The highest BCUT2D eigenvalue weighted by Gasteiger charge is 2.37. The third kappa shape index (κ3) is 4.04. The number of carboxylic acid groups (broad SMARTS) is 1. The van der Waals surface area contributed by atoms with Crippen molar-refractivity contribution in [1.82, 2.24) is 4.98 Å². The van der Waals surface area contributed by atoms with Gasteiger partial charge in [-0.05, 0) is 71.0 Å². The molecule has 2 aromatic rings. The lowest BCUT2D eigenvalue weighted by molar-refractivity contribution is 0.0696. The first-order valence-corrected chi connectivity index (χ1v) is 10.1. The highest BCUT2D eigenvalue weighted by Crippen LogP contribution is 2.47. The highest BCUT2D eigenvalue weighted by molar-refractivity contribution is 5.88. The van der Waals surface area contributed by atoms with Crippen LogP contribution in [0.2, 0.25) is 0 Å². The molecule has 1 heterocycles. The summed E-state index contributed by atoms with van der Waals surface area (Å²) in [6, 6.07) is 7.90. The molecule has 0 fully saturated rings. The lowest BCUT2D eigenvalue weighted by Gasteiger charge is -2.42. The summed E-state index contributed by atoms with van der Waals surface area (Å²) in [5, 5.41) is 9.05. The van der Waals surface area contributed by atoms with Gasteiger partial charge in [-0.1, -0.05) is 54.2 Å². The van der Waals surface area contributed by atoms with Gasteiger partial charge in [-0.2, -0.15) is 0 Å². The number of pyridine rings is 1. The third-order valence-electron chi connectivity index (χ3n) is 5.84. The van der Waals surface area contributed by atoms with Gasteiger partial charge in [-0.25, -0.2) is 4.79 Å². The van der Waals surface area contributed by atoms with E-state index in [1.54, 1.807) is 12.1 Å². The van der Waals surface area contributed by atoms with E-state index >= 15 is 0 Å². The largest absolute Gasteiger partial charge is 0.478 e. The van der Waals surface area contributed by atoms with E-state index in [0.717, 1.165) is 17.6 Å². The molecular weight excluding hydrogens is 346 g/mol. The summed E-state index contributed by atoms with van der Waals surface area (Å²) < 4.78 is 0. The van der Waals surface area contributed by atoms with Crippen LogP contribution in [0.5, 0.6) is 0 Å². The molecule has 3 rings (SSSR count). The van der Waals surface area contributed by atoms with E-state index in [9.17, 15) is 4.79 Å². The first-order valence-electron chi connectivity index (χ1n) is 10.1. The zero-order valence-corrected chi connectivity index (χ0v) is 18.3. The summed E-state index contributed by atoms with van der Waals surface area (Å²) in [7, 11) is 0. The molecule has 0 saturated heterocycles. The fourth-order valence-corrected chi connectivity index (χ4v) is 3.88. The van der Waals surface area contributed by atoms with E-state index in [1.807, 2.05) is 13.8 Å². The second-order valence-corrected chi connectivity index (χ2v) is 8.70. The van der Waals surface area contributed by atoms with Gasteiger partial charge in [-0.3, -0.25) is 4.98 Å². The Morgan fingerprint density at radius 3 is 2.04 bits per heavy atom. The van der Waals surface area contributed by atoms with E-state index in [4.69, 9.17) is 5.11 Å². The van der Waals surface area contributed by atoms with Crippen LogP contribution in [0.25, 0.3) is 5.57 Å². The molecule has 0 saturated carbocycles. The van der Waals surface area contributed by atoms with E-state index < -0.39 is 5.97 Å². The molecule has 0 amide bonds. The van der Waals surface area contributed by atoms with Crippen LogP contribution in [0.3, 0.4) is 0 Å². The van der Waals surface area contributed by atoms with Gasteiger partial charge in [0.25, 0.3) is 0 Å². The number of carboxylic acids is 1. The smallest absolute Gasteiger partial charge is 0.337 e. The minimum absolute atomic E-state index is 0.133. The molecule has 28 heavy (non-hydrogen) atoms. The Balaban J connectivity index is 0.00000136. The van der Waals surface area contributed by atoms with E-state index in [1.165, 1.54) is 29.3 Å². The standard InChI is InChI=1S/C23H27NO2.C2H6/c1-14-11-18-19(23(5,6)10-9-22(18,3)4)12-17(14)15(2)20-8-7-16(13-24-20)21(25)26;1-2/h7-8,11-13H,2,9-10H2,1,3-6H3,(H,25,26);1-2H3. The zero-order valence-electron chi connectivity index (χ0n) is 18.3. The summed E-state index contributed by atoms with van der Waals surface area (Å²) in [6.07, 6.45) is 3.74. The van der Waals surface area contributed by atoms with Gasteiger partial charge in [0.1, 0.15) is 0 Å². The van der Waals surface area contributed by atoms with Crippen molar-refractivity contribution in [2.75, 3.05) is 0 Å². The molecule has 1 aromatic carbocycles. The molecule has 1 aliphatic carbocycles. The number of nitrogens with zero attached hydrogens (tertiary/aromatic N) is 1. The van der Waals surface area contributed by atoms with Crippen molar-refractivity contribution < 1.29 is 9.90 Å². The van der Waals surface area contributed by atoms with Crippen molar-refractivity contribution in [2.24, 2.45) is 0 Å². The number of hydrogen-bond acceptors (Lipinski definition) is 2. The Labute approximate surface area is 169 Å². The van der Waals surface area contributed by atoms with Gasteiger partial charge in [0.05, 0.1) is 11.3 Å². The number of hydrogen-bond donors (Lipinski definition) is 1. The van der Waals surface area contributed by atoms with Crippen molar-refractivity contribution >= 4 is 11.5 Å². The molecule has 1 aromatic heterocycles. The maximum atomic E-state index is 11.0. The molecule has 3 nitrogen and oxygen atoms in total. The lowest BCUT2D eigenvalue weighted by atomic mass is 9.62. The van der Waals surface area contributed by atoms with Crippen LogP contribution < -0.4 is 0 Å². The summed E-state index contributed by atoms with van der Waals surface area (Å²) in [4.78, 5) is 15.4. The average Bonchev–Trinajstić information content (AvgIpc) is 2.66. The quantitative estimate of drug-likeness (QED) is 0.660. The molecule has 1 N–H and O–H groups in total. The van der Waals surface area contributed by atoms with Gasteiger partial charge in [0.2, 0.25) is 0 Å². The zero-order chi connectivity index (χ0) is 21.3. The second-order valence-electron chi connectivity index (χ2n) is 8.70. The Kier molecular flexibility index (Phi) is 6.18. The number of aromatic nitrogens is 1. The molecule has 0 spiro atoms. The second kappa shape index (κ2) is 7.90. The Bertz CT molecular complexity index is 890. The molecule has 150 valence electrons. The monoisotopic (exact) mass is 379 g/mol. The SMILES string of the molecule is C=C(c1ccc(C(=O)O)cn1)c1cc2c(cc1C)C(C)(C)CCC2(C)C.CC. The molecular formula is C25H33NO2.